The highest BCUT2D eigenvalue weighted by Gasteiger charge is 2.17. The molecular formula is C19H16N4O4. The Morgan fingerprint density at radius 3 is 2.67 bits per heavy atom. The topological polar surface area (TPSA) is 98.3 Å². The second-order valence-corrected chi connectivity index (χ2v) is 5.76. The van der Waals surface area contributed by atoms with E-state index >= 15 is 0 Å². The van der Waals surface area contributed by atoms with Gasteiger partial charge in [-0.05, 0) is 18.2 Å². The van der Waals surface area contributed by atoms with Gasteiger partial charge in [-0.2, -0.15) is 0 Å². The van der Waals surface area contributed by atoms with Crippen LogP contribution in [0.2, 0.25) is 0 Å². The van der Waals surface area contributed by atoms with E-state index in [1.807, 2.05) is 18.2 Å². The van der Waals surface area contributed by atoms with E-state index in [0.29, 0.717) is 12.2 Å². The molecule has 8 nitrogen and oxygen atoms in total. The van der Waals surface area contributed by atoms with Crippen molar-refractivity contribution in [3.63, 3.8) is 0 Å². The van der Waals surface area contributed by atoms with Crippen LogP contribution in [-0.2, 0) is 11.3 Å². The second kappa shape index (κ2) is 7.61. The van der Waals surface area contributed by atoms with E-state index < -0.39 is 10.5 Å². The van der Waals surface area contributed by atoms with Crippen molar-refractivity contribution in [2.24, 2.45) is 0 Å². The quantitative estimate of drug-likeness (QED) is 0.380. The molecule has 27 heavy (non-hydrogen) atoms. The molecule has 3 aromatic rings. The molecule has 1 heterocycles. The summed E-state index contributed by atoms with van der Waals surface area (Å²) in [4.78, 5) is 41.3. The molecule has 0 aliphatic carbocycles. The Morgan fingerprint density at radius 1 is 1.26 bits per heavy atom. The van der Waals surface area contributed by atoms with Crippen molar-refractivity contribution in [1.29, 1.82) is 0 Å². The summed E-state index contributed by atoms with van der Waals surface area (Å²) in [7, 11) is 0. The fourth-order valence-electron chi connectivity index (χ4n) is 2.69. The molecule has 0 atom stereocenters. The predicted molar refractivity (Wildman–Crippen MR) is 102 cm³/mol. The zero-order valence-electron chi connectivity index (χ0n) is 14.3. The van der Waals surface area contributed by atoms with Crippen LogP contribution in [0.3, 0.4) is 0 Å². The number of hydrogen-bond donors (Lipinski definition) is 0. The number of aromatic nitrogens is 2. The lowest BCUT2D eigenvalue weighted by atomic mass is 10.2. The number of non-ortho nitro benzene ring substituents is 1. The Labute approximate surface area is 154 Å². The zero-order chi connectivity index (χ0) is 19.4. The smallest absolute Gasteiger partial charge is 0.271 e. The van der Waals surface area contributed by atoms with E-state index in [4.69, 9.17) is 0 Å². The minimum atomic E-state index is -0.552. The largest absolute Gasteiger partial charge is 0.307 e. The highest BCUT2D eigenvalue weighted by Crippen LogP contribution is 2.17. The van der Waals surface area contributed by atoms with Gasteiger partial charge in [0, 0.05) is 24.4 Å². The number of para-hydroxylation sites is 1. The maximum Gasteiger partial charge on any atom is 0.271 e. The molecule has 0 radical (unpaired) electrons. The number of carbonyl (C=O) groups is 1. The monoisotopic (exact) mass is 364 g/mol. The molecule has 0 unspecified atom stereocenters. The molecule has 0 fully saturated rings. The zero-order valence-corrected chi connectivity index (χ0v) is 14.3. The fraction of sp³-hybridized carbons (Fsp3) is 0.105. The summed E-state index contributed by atoms with van der Waals surface area (Å²) < 4.78 is 1.19. The lowest BCUT2D eigenvalue weighted by Crippen LogP contribution is -2.36. The lowest BCUT2D eigenvalue weighted by Gasteiger charge is -2.21. The van der Waals surface area contributed by atoms with Crippen LogP contribution in [0.15, 0.2) is 72.3 Å². The molecule has 136 valence electrons. The first-order valence-electron chi connectivity index (χ1n) is 8.11. The number of nitrogens with zero attached hydrogens (tertiary/aromatic N) is 4. The van der Waals surface area contributed by atoms with E-state index in [1.54, 1.807) is 18.2 Å². The number of fused-ring (bicyclic) bond motifs is 1. The number of anilines is 1. The Kier molecular flexibility index (Phi) is 5.07. The van der Waals surface area contributed by atoms with E-state index in [0.717, 1.165) is 0 Å². The Bertz CT molecular complexity index is 1080. The number of nitro benzene ring substituents is 1. The number of amides is 1. The summed E-state index contributed by atoms with van der Waals surface area (Å²) in [5.41, 5.74) is 0.322. The number of benzene rings is 2. The summed E-state index contributed by atoms with van der Waals surface area (Å²) >= 11 is 0. The van der Waals surface area contributed by atoms with Crippen molar-refractivity contribution in [2.45, 2.75) is 6.54 Å². The summed E-state index contributed by atoms with van der Waals surface area (Å²) in [6.45, 7) is 3.76. The van der Waals surface area contributed by atoms with Gasteiger partial charge in [0.2, 0.25) is 5.91 Å². The molecule has 1 amide bonds. The summed E-state index contributed by atoms with van der Waals surface area (Å²) in [6, 6.07) is 12.9. The Balaban J connectivity index is 1.93. The lowest BCUT2D eigenvalue weighted by molar-refractivity contribution is -0.384. The van der Waals surface area contributed by atoms with E-state index in [-0.39, 0.29) is 29.0 Å². The third kappa shape index (κ3) is 3.74. The van der Waals surface area contributed by atoms with Gasteiger partial charge in [-0.1, -0.05) is 24.3 Å². The van der Waals surface area contributed by atoms with Crippen molar-refractivity contribution in [3.8, 4) is 0 Å². The van der Waals surface area contributed by atoms with Gasteiger partial charge in [0.25, 0.3) is 11.2 Å². The van der Waals surface area contributed by atoms with Crippen LogP contribution < -0.4 is 10.5 Å². The second-order valence-electron chi connectivity index (χ2n) is 5.76. The van der Waals surface area contributed by atoms with Gasteiger partial charge in [-0.15, -0.1) is 6.58 Å². The number of hydrogen-bond acceptors (Lipinski definition) is 5. The maximum absolute atomic E-state index is 12.7. The number of nitro groups is 1. The number of carbonyl (C=O) groups excluding carboxylic acids is 1. The maximum atomic E-state index is 12.7. The van der Waals surface area contributed by atoms with Gasteiger partial charge >= 0.3 is 0 Å². The standard InChI is InChI=1S/C19H16N4O4/c1-2-10-22(14-6-4-3-5-7-14)18(24)12-21-13-20-17-11-15(23(26)27)8-9-16(17)19(21)25/h2-9,11,13H,1,10,12H2. The SMILES string of the molecule is C=CCN(C(=O)Cn1cnc2cc([N+](=O)[O-])ccc2c1=O)c1ccccc1. The van der Waals surface area contributed by atoms with Gasteiger partial charge in [-0.25, -0.2) is 4.98 Å². The van der Waals surface area contributed by atoms with Gasteiger partial charge in [0.15, 0.2) is 0 Å². The highest BCUT2D eigenvalue weighted by molar-refractivity contribution is 5.93. The average molecular weight is 364 g/mol. The molecule has 0 spiro atoms. The van der Waals surface area contributed by atoms with E-state index in [9.17, 15) is 19.7 Å². The molecule has 0 N–H and O–H groups in total. The minimum Gasteiger partial charge on any atom is -0.307 e. The van der Waals surface area contributed by atoms with Gasteiger partial charge < -0.3 is 4.90 Å². The van der Waals surface area contributed by atoms with Crippen LogP contribution >= 0.6 is 0 Å². The fourth-order valence-corrected chi connectivity index (χ4v) is 2.69. The molecule has 0 bridgehead atoms. The Morgan fingerprint density at radius 2 is 2.00 bits per heavy atom. The molecule has 2 aromatic carbocycles. The van der Waals surface area contributed by atoms with Crippen LogP contribution in [-0.4, -0.2) is 26.9 Å². The van der Waals surface area contributed by atoms with Crippen molar-refractivity contribution in [1.82, 2.24) is 9.55 Å². The third-order valence-corrected chi connectivity index (χ3v) is 4.01. The molecule has 0 saturated heterocycles. The highest BCUT2D eigenvalue weighted by atomic mass is 16.6. The van der Waals surface area contributed by atoms with Crippen molar-refractivity contribution >= 4 is 28.2 Å². The van der Waals surface area contributed by atoms with Crippen molar-refractivity contribution < 1.29 is 9.72 Å². The first-order valence-corrected chi connectivity index (χ1v) is 8.11. The first-order chi connectivity index (χ1) is 13.0. The molecule has 3 rings (SSSR count). The molecule has 8 heteroatoms. The van der Waals surface area contributed by atoms with Crippen LogP contribution in [0.4, 0.5) is 11.4 Å². The molecule has 0 aliphatic rings. The normalized spacial score (nSPS) is 10.5. The summed E-state index contributed by atoms with van der Waals surface area (Å²) in [5, 5.41) is 11.1. The van der Waals surface area contributed by atoms with Gasteiger partial charge in [-0.3, -0.25) is 24.3 Å². The number of rotatable bonds is 6. The third-order valence-electron chi connectivity index (χ3n) is 4.01. The summed E-state index contributed by atoms with van der Waals surface area (Å²) in [5.74, 6) is -0.300. The molecule has 1 aromatic heterocycles. The first kappa shape index (κ1) is 18.0. The van der Waals surface area contributed by atoms with Gasteiger partial charge in [0.05, 0.1) is 22.2 Å². The van der Waals surface area contributed by atoms with Crippen molar-refractivity contribution in [2.75, 3.05) is 11.4 Å². The average Bonchev–Trinajstić information content (AvgIpc) is 2.68. The van der Waals surface area contributed by atoms with E-state index in [2.05, 4.69) is 11.6 Å². The van der Waals surface area contributed by atoms with Crippen LogP contribution in [0.5, 0.6) is 0 Å². The predicted octanol–water partition coefficient (Wildman–Crippen LogP) is 2.52. The Hall–Kier alpha value is -3.81. The van der Waals surface area contributed by atoms with Crippen molar-refractivity contribution in [3.05, 3.63) is 88.0 Å². The van der Waals surface area contributed by atoms with Gasteiger partial charge in [0.1, 0.15) is 6.54 Å². The van der Waals surface area contributed by atoms with E-state index in [1.165, 1.54) is 34.0 Å². The summed E-state index contributed by atoms with van der Waals surface area (Å²) in [6.07, 6.45) is 2.83. The molecule has 0 aliphatic heterocycles. The van der Waals surface area contributed by atoms with Crippen LogP contribution in [0.25, 0.3) is 10.9 Å². The molecular weight excluding hydrogens is 348 g/mol. The van der Waals surface area contributed by atoms with Crippen LogP contribution in [0.1, 0.15) is 0 Å². The minimum absolute atomic E-state index is 0.149. The molecule has 0 saturated carbocycles. The van der Waals surface area contributed by atoms with Crippen LogP contribution in [0, 0.1) is 10.1 Å².